The molecule has 1 heterocycles. The number of carbonyl (C=O) groups excluding carboxylic acids is 2. The Kier molecular flexibility index (Phi) is 8.90. The Morgan fingerprint density at radius 2 is 1.77 bits per heavy atom. The number of Topliss-reactive ketones (excluding diaryl/α,β-unsaturated/α-hetero) is 1. The van der Waals surface area contributed by atoms with Crippen molar-refractivity contribution in [2.45, 2.75) is 18.9 Å². The fraction of sp³-hybridized carbons (Fsp3) is 0.241. The van der Waals surface area contributed by atoms with Crippen molar-refractivity contribution in [3.05, 3.63) is 100 Å². The number of hydrogen-bond donors (Lipinski definition) is 3. The van der Waals surface area contributed by atoms with Crippen molar-refractivity contribution in [2.75, 3.05) is 20.3 Å². The van der Waals surface area contributed by atoms with Crippen LogP contribution in [0.25, 0.3) is 10.9 Å². The van der Waals surface area contributed by atoms with Crippen LogP contribution in [0.2, 0.25) is 0 Å². The summed E-state index contributed by atoms with van der Waals surface area (Å²) in [5, 5.41) is 14.6. The molecule has 39 heavy (non-hydrogen) atoms. The minimum atomic E-state index is -0.780. The van der Waals surface area contributed by atoms with Crippen molar-refractivity contribution in [3.8, 4) is 11.5 Å². The van der Waals surface area contributed by atoms with E-state index in [4.69, 9.17) is 15.2 Å². The van der Waals surface area contributed by atoms with Crippen LogP contribution in [0.15, 0.2) is 79.0 Å². The number of aromatic amines is 1. The van der Waals surface area contributed by atoms with Crippen molar-refractivity contribution in [2.24, 2.45) is 11.7 Å². The number of nitrogens with one attached hydrogen (secondary N) is 2. The molecular formula is C29H30N4O6. The van der Waals surface area contributed by atoms with Crippen LogP contribution in [0.4, 0.5) is 5.69 Å². The number of non-ortho nitro benzene ring substituents is 1. The lowest BCUT2D eigenvalue weighted by molar-refractivity contribution is -0.384. The maximum Gasteiger partial charge on any atom is 0.269 e. The molecule has 0 aliphatic rings. The molecule has 4 N–H and O–H groups in total. The van der Waals surface area contributed by atoms with Gasteiger partial charge in [0.25, 0.3) is 5.69 Å². The molecule has 202 valence electrons. The van der Waals surface area contributed by atoms with Gasteiger partial charge in [-0.05, 0) is 41.8 Å². The van der Waals surface area contributed by atoms with Gasteiger partial charge in [0.1, 0.15) is 18.1 Å². The largest absolute Gasteiger partial charge is 0.496 e. The number of fused-ring (bicyclic) bond motifs is 1. The molecule has 4 aromatic rings. The first-order valence-electron chi connectivity index (χ1n) is 12.5. The number of H-pyrrole nitrogens is 1. The van der Waals surface area contributed by atoms with Gasteiger partial charge in [0.15, 0.2) is 5.78 Å². The second-order valence-electron chi connectivity index (χ2n) is 9.04. The average molecular weight is 531 g/mol. The van der Waals surface area contributed by atoms with Gasteiger partial charge in [0.2, 0.25) is 5.91 Å². The molecule has 0 bridgehead atoms. The third kappa shape index (κ3) is 6.79. The molecule has 2 unspecified atom stereocenters. The van der Waals surface area contributed by atoms with Crippen LogP contribution in [0, 0.1) is 16.0 Å². The summed E-state index contributed by atoms with van der Waals surface area (Å²) in [4.78, 5) is 39.6. The van der Waals surface area contributed by atoms with Crippen LogP contribution in [-0.2, 0) is 16.0 Å². The predicted molar refractivity (Wildman–Crippen MR) is 147 cm³/mol. The number of amides is 1. The van der Waals surface area contributed by atoms with E-state index in [9.17, 15) is 19.7 Å². The Morgan fingerprint density at radius 1 is 1.05 bits per heavy atom. The molecular weight excluding hydrogens is 500 g/mol. The number of methoxy groups -OCH3 is 1. The standard InChI is InChI=1S/C29H30N4O6/c1-38-27-9-5-2-6-19(27)10-15-28(35)32-17-24(29(30)23-16-31-25-8-4-3-7-22(23)25)26(34)18-39-21-13-11-20(12-14-21)33(36)37/h2-9,11-14,16,24,29,31H,10,15,17-18,30H2,1H3,(H,32,35). The third-order valence-corrected chi connectivity index (χ3v) is 6.59. The Hall–Kier alpha value is -4.70. The Labute approximate surface area is 225 Å². The summed E-state index contributed by atoms with van der Waals surface area (Å²) in [7, 11) is 1.58. The molecule has 10 heteroatoms. The fourth-order valence-corrected chi connectivity index (χ4v) is 4.42. The van der Waals surface area contributed by atoms with E-state index in [1.807, 2.05) is 48.5 Å². The van der Waals surface area contributed by atoms with E-state index in [1.54, 1.807) is 13.3 Å². The van der Waals surface area contributed by atoms with E-state index in [-0.39, 0.29) is 37.0 Å². The van der Waals surface area contributed by atoms with Gasteiger partial charge < -0.3 is 25.5 Å². The number of benzene rings is 3. The summed E-state index contributed by atoms with van der Waals surface area (Å²) in [5.74, 6) is -0.285. The minimum absolute atomic E-state index is 0.0217. The Morgan fingerprint density at radius 3 is 2.51 bits per heavy atom. The van der Waals surface area contributed by atoms with Crippen LogP contribution in [0.5, 0.6) is 11.5 Å². The molecule has 0 fully saturated rings. The van der Waals surface area contributed by atoms with Gasteiger partial charge in [-0.3, -0.25) is 19.7 Å². The molecule has 10 nitrogen and oxygen atoms in total. The lowest BCUT2D eigenvalue weighted by Gasteiger charge is -2.23. The van der Waals surface area contributed by atoms with Crippen LogP contribution in [0.3, 0.4) is 0 Å². The Bertz CT molecular complexity index is 1450. The predicted octanol–water partition coefficient (Wildman–Crippen LogP) is 4.10. The van der Waals surface area contributed by atoms with Gasteiger partial charge in [-0.25, -0.2) is 0 Å². The molecule has 0 saturated heterocycles. The Balaban J connectivity index is 1.45. The average Bonchev–Trinajstić information content (AvgIpc) is 3.39. The normalized spacial score (nSPS) is 12.5. The summed E-state index contributed by atoms with van der Waals surface area (Å²) in [6.45, 7) is -0.288. The molecule has 0 saturated carbocycles. The van der Waals surface area contributed by atoms with Crippen molar-refractivity contribution in [1.82, 2.24) is 10.3 Å². The topological polar surface area (TPSA) is 150 Å². The number of hydrogen-bond acceptors (Lipinski definition) is 7. The number of carbonyl (C=O) groups is 2. The van der Waals surface area contributed by atoms with Crippen molar-refractivity contribution < 1.29 is 24.0 Å². The smallest absolute Gasteiger partial charge is 0.269 e. The highest BCUT2D eigenvalue weighted by Crippen LogP contribution is 2.28. The highest BCUT2D eigenvalue weighted by molar-refractivity contribution is 5.88. The number of aromatic nitrogens is 1. The van der Waals surface area contributed by atoms with Gasteiger partial charge >= 0.3 is 0 Å². The quantitative estimate of drug-likeness (QED) is 0.174. The van der Waals surface area contributed by atoms with E-state index >= 15 is 0 Å². The molecule has 1 amide bonds. The van der Waals surface area contributed by atoms with Crippen LogP contribution in [0.1, 0.15) is 23.6 Å². The zero-order valence-corrected chi connectivity index (χ0v) is 21.5. The number of aryl methyl sites for hydroxylation is 1. The van der Waals surface area contributed by atoms with Gasteiger partial charge in [-0.1, -0.05) is 36.4 Å². The molecule has 3 aromatic carbocycles. The second-order valence-corrected chi connectivity index (χ2v) is 9.04. The zero-order valence-electron chi connectivity index (χ0n) is 21.5. The molecule has 0 aliphatic heterocycles. The first-order valence-corrected chi connectivity index (χ1v) is 12.5. The van der Waals surface area contributed by atoms with Crippen molar-refractivity contribution in [3.63, 3.8) is 0 Å². The van der Waals surface area contributed by atoms with E-state index < -0.39 is 16.9 Å². The molecule has 2 atom stereocenters. The van der Waals surface area contributed by atoms with Gasteiger partial charge in [0, 0.05) is 48.2 Å². The number of ketones is 1. The minimum Gasteiger partial charge on any atom is -0.496 e. The monoisotopic (exact) mass is 530 g/mol. The third-order valence-electron chi connectivity index (χ3n) is 6.59. The summed E-state index contributed by atoms with van der Waals surface area (Å²) in [5.41, 5.74) is 9.09. The number of nitrogens with zero attached hydrogens (tertiary/aromatic N) is 1. The number of nitro benzene ring substituents is 1. The van der Waals surface area contributed by atoms with E-state index in [0.717, 1.165) is 22.0 Å². The highest BCUT2D eigenvalue weighted by Gasteiger charge is 2.29. The summed E-state index contributed by atoms with van der Waals surface area (Å²) in [6, 6.07) is 19.9. The number of rotatable bonds is 13. The zero-order chi connectivity index (χ0) is 27.8. The van der Waals surface area contributed by atoms with Crippen LogP contribution < -0.4 is 20.5 Å². The fourth-order valence-electron chi connectivity index (χ4n) is 4.42. The SMILES string of the molecule is COc1ccccc1CCC(=O)NCC(C(=O)COc1ccc([N+](=O)[O-])cc1)C(N)c1c[nH]c2ccccc12. The van der Waals surface area contributed by atoms with Gasteiger partial charge in [-0.2, -0.15) is 0 Å². The number of nitro groups is 1. The van der Waals surface area contributed by atoms with Crippen LogP contribution >= 0.6 is 0 Å². The lowest BCUT2D eigenvalue weighted by Crippen LogP contribution is -2.40. The van der Waals surface area contributed by atoms with Gasteiger partial charge in [0.05, 0.1) is 18.0 Å². The van der Waals surface area contributed by atoms with Crippen molar-refractivity contribution in [1.29, 1.82) is 0 Å². The molecule has 0 spiro atoms. The number of ether oxygens (including phenoxy) is 2. The summed E-state index contributed by atoms with van der Waals surface area (Å²) >= 11 is 0. The molecule has 4 rings (SSSR count). The van der Waals surface area contributed by atoms with E-state index in [0.29, 0.717) is 17.9 Å². The summed E-state index contributed by atoms with van der Waals surface area (Å²) in [6.07, 6.45) is 2.46. The lowest BCUT2D eigenvalue weighted by atomic mass is 9.90. The maximum absolute atomic E-state index is 13.3. The van der Waals surface area contributed by atoms with E-state index in [1.165, 1.54) is 24.3 Å². The number of para-hydroxylation sites is 2. The summed E-state index contributed by atoms with van der Waals surface area (Å²) < 4.78 is 11.0. The first-order chi connectivity index (χ1) is 18.9. The maximum atomic E-state index is 13.3. The first kappa shape index (κ1) is 27.3. The molecule has 0 aliphatic carbocycles. The second kappa shape index (κ2) is 12.7. The molecule has 1 aromatic heterocycles. The van der Waals surface area contributed by atoms with Crippen LogP contribution in [-0.4, -0.2) is 41.9 Å². The van der Waals surface area contributed by atoms with E-state index in [2.05, 4.69) is 10.3 Å². The van der Waals surface area contributed by atoms with Crippen molar-refractivity contribution >= 4 is 28.3 Å². The number of nitrogens with two attached hydrogens (primary N) is 1. The van der Waals surface area contributed by atoms with Gasteiger partial charge in [-0.15, -0.1) is 0 Å². The molecule has 0 radical (unpaired) electrons. The highest BCUT2D eigenvalue weighted by atomic mass is 16.6.